The van der Waals surface area contributed by atoms with Crippen LogP contribution in [0.3, 0.4) is 0 Å². The van der Waals surface area contributed by atoms with E-state index in [1.807, 2.05) is 18.2 Å². The first-order valence-corrected chi connectivity index (χ1v) is 5.52. The summed E-state index contributed by atoms with van der Waals surface area (Å²) in [5.74, 6) is 0.200. The fourth-order valence-corrected chi connectivity index (χ4v) is 1.40. The molecule has 0 aliphatic rings. The van der Waals surface area contributed by atoms with Crippen molar-refractivity contribution < 1.29 is 0 Å². The number of hydrogen-bond acceptors (Lipinski definition) is 4. The molecule has 0 spiro atoms. The van der Waals surface area contributed by atoms with Crippen molar-refractivity contribution in [2.75, 3.05) is 0 Å². The maximum atomic E-state index is 5.96. The van der Waals surface area contributed by atoms with Gasteiger partial charge in [-0.3, -0.25) is 4.98 Å². The van der Waals surface area contributed by atoms with Gasteiger partial charge in [0.2, 0.25) is 0 Å². The maximum Gasteiger partial charge on any atom is 0.173 e. The number of amidine groups is 1. The summed E-state index contributed by atoms with van der Waals surface area (Å²) in [5, 5.41) is 8.30. The second-order valence-corrected chi connectivity index (χ2v) is 3.75. The zero-order valence-corrected chi connectivity index (χ0v) is 10.1. The van der Waals surface area contributed by atoms with Gasteiger partial charge in [0.15, 0.2) is 5.84 Å². The Hall–Kier alpha value is -2.27. The Morgan fingerprint density at radius 1 is 1.28 bits per heavy atom. The monoisotopic (exact) mass is 259 g/mol. The molecule has 0 atom stereocenters. The van der Waals surface area contributed by atoms with E-state index < -0.39 is 0 Å². The molecule has 0 bridgehead atoms. The summed E-state index contributed by atoms with van der Waals surface area (Å²) in [7, 11) is 0. The molecule has 1 heterocycles. The lowest BCUT2D eigenvalue weighted by Crippen LogP contribution is -2.14. The zero-order chi connectivity index (χ0) is 12.8. The Bertz CT molecular complexity index is 580. The molecule has 0 saturated carbocycles. The van der Waals surface area contributed by atoms with Crippen LogP contribution in [0.4, 0.5) is 0 Å². The lowest BCUT2D eigenvalue weighted by molar-refractivity contribution is 1.15. The molecule has 5 nitrogen and oxygen atoms in total. The number of benzene rings is 1. The van der Waals surface area contributed by atoms with Gasteiger partial charge in [-0.25, -0.2) is 4.98 Å². The van der Waals surface area contributed by atoms with E-state index in [0.29, 0.717) is 10.7 Å². The highest BCUT2D eigenvalue weighted by Gasteiger charge is 1.98. The molecule has 2 N–H and O–H groups in total. The van der Waals surface area contributed by atoms with Gasteiger partial charge in [-0.2, -0.15) is 5.10 Å². The van der Waals surface area contributed by atoms with E-state index in [0.717, 1.165) is 5.56 Å². The minimum atomic E-state index is 0.200. The predicted molar refractivity (Wildman–Crippen MR) is 71.8 cm³/mol. The molecule has 1 aromatic carbocycles. The number of nitrogens with two attached hydrogens (primary N) is 1. The summed E-state index contributed by atoms with van der Waals surface area (Å²) in [5.41, 5.74) is 6.95. The first kappa shape index (κ1) is 12.2. The standard InChI is InChI=1S/C12H10ClN5/c13-10-4-2-1-3-9(10)7-17-18-12(14)11-8-15-5-6-16-11/h1-8H,(H2,14,18)/b17-7+. The lowest BCUT2D eigenvalue weighted by Gasteiger charge is -1.96. The minimum Gasteiger partial charge on any atom is -0.380 e. The van der Waals surface area contributed by atoms with Gasteiger partial charge in [-0.05, 0) is 6.07 Å². The number of halogens is 1. The van der Waals surface area contributed by atoms with Crippen LogP contribution in [0.2, 0.25) is 5.02 Å². The van der Waals surface area contributed by atoms with Crippen LogP contribution >= 0.6 is 11.6 Å². The molecule has 0 amide bonds. The molecule has 0 unspecified atom stereocenters. The molecule has 2 rings (SSSR count). The normalized spacial score (nSPS) is 11.9. The van der Waals surface area contributed by atoms with Crippen molar-refractivity contribution in [1.82, 2.24) is 9.97 Å². The van der Waals surface area contributed by atoms with E-state index in [-0.39, 0.29) is 5.84 Å². The molecule has 90 valence electrons. The third-order valence-electron chi connectivity index (χ3n) is 2.09. The molecule has 0 saturated heterocycles. The summed E-state index contributed by atoms with van der Waals surface area (Å²) in [6.07, 6.45) is 6.15. The fourth-order valence-electron chi connectivity index (χ4n) is 1.22. The van der Waals surface area contributed by atoms with Crippen molar-refractivity contribution in [3.05, 3.63) is 59.1 Å². The zero-order valence-electron chi connectivity index (χ0n) is 9.36. The van der Waals surface area contributed by atoms with Crippen molar-refractivity contribution in [1.29, 1.82) is 0 Å². The van der Waals surface area contributed by atoms with E-state index in [1.54, 1.807) is 12.3 Å². The van der Waals surface area contributed by atoms with E-state index in [4.69, 9.17) is 17.3 Å². The highest BCUT2D eigenvalue weighted by Crippen LogP contribution is 2.12. The van der Waals surface area contributed by atoms with Gasteiger partial charge in [0, 0.05) is 23.0 Å². The molecule has 0 fully saturated rings. The van der Waals surface area contributed by atoms with Gasteiger partial charge in [0.05, 0.1) is 12.4 Å². The van der Waals surface area contributed by atoms with Gasteiger partial charge in [-0.1, -0.05) is 29.8 Å². The van der Waals surface area contributed by atoms with Crippen LogP contribution in [0.1, 0.15) is 11.3 Å². The van der Waals surface area contributed by atoms with Gasteiger partial charge < -0.3 is 5.73 Å². The molecule has 0 aliphatic heterocycles. The first-order valence-electron chi connectivity index (χ1n) is 5.15. The van der Waals surface area contributed by atoms with Crippen molar-refractivity contribution >= 4 is 23.7 Å². The van der Waals surface area contributed by atoms with E-state index in [1.165, 1.54) is 18.6 Å². The highest BCUT2D eigenvalue weighted by molar-refractivity contribution is 6.33. The van der Waals surface area contributed by atoms with Gasteiger partial charge in [-0.15, -0.1) is 5.10 Å². The maximum absolute atomic E-state index is 5.96. The van der Waals surface area contributed by atoms with Crippen molar-refractivity contribution in [2.24, 2.45) is 15.9 Å². The Morgan fingerprint density at radius 3 is 2.83 bits per heavy atom. The van der Waals surface area contributed by atoms with Crippen molar-refractivity contribution in [3.8, 4) is 0 Å². The number of nitrogens with zero attached hydrogens (tertiary/aromatic N) is 4. The predicted octanol–water partition coefficient (Wildman–Crippen LogP) is 1.87. The summed E-state index contributed by atoms with van der Waals surface area (Å²) in [6.45, 7) is 0. The number of aromatic nitrogens is 2. The number of rotatable bonds is 3. The number of hydrogen-bond donors (Lipinski definition) is 1. The van der Waals surface area contributed by atoms with Gasteiger partial charge in [0.25, 0.3) is 0 Å². The van der Waals surface area contributed by atoms with Gasteiger partial charge in [0.1, 0.15) is 5.69 Å². The van der Waals surface area contributed by atoms with E-state index in [2.05, 4.69) is 20.2 Å². The smallest absolute Gasteiger partial charge is 0.173 e. The van der Waals surface area contributed by atoms with Crippen LogP contribution in [-0.4, -0.2) is 22.0 Å². The Labute approximate surface area is 109 Å². The van der Waals surface area contributed by atoms with Crippen molar-refractivity contribution in [2.45, 2.75) is 0 Å². The average molecular weight is 260 g/mol. The molecule has 0 aliphatic carbocycles. The van der Waals surface area contributed by atoms with E-state index in [9.17, 15) is 0 Å². The molecular weight excluding hydrogens is 250 g/mol. The lowest BCUT2D eigenvalue weighted by atomic mass is 10.2. The SMILES string of the molecule is N/C(=N/N=C/c1ccccc1Cl)c1cnccn1. The quantitative estimate of drug-likeness (QED) is 0.519. The third kappa shape index (κ3) is 3.11. The largest absolute Gasteiger partial charge is 0.380 e. The van der Waals surface area contributed by atoms with Crippen molar-refractivity contribution in [3.63, 3.8) is 0 Å². The Morgan fingerprint density at radius 2 is 2.11 bits per heavy atom. The first-order chi connectivity index (χ1) is 8.77. The van der Waals surface area contributed by atoms with Crippen LogP contribution in [0.25, 0.3) is 0 Å². The molecule has 0 radical (unpaired) electrons. The van der Waals surface area contributed by atoms with Crippen LogP contribution in [-0.2, 0) is 0 Å². The Balaban J connectivity index is 2.14. The second kappa shape index (κ2) is 5.88. The molecular formula is C12H10ClN5. The van der Waals surface area contributed by atoms with Crippen LogP contribution in [0, 0.1) is 0 Å². The fraction of sp³-hybridized carbons (Fsp3) is 0. The summed E-state index contributed by atoms with van der Waals surface area (Å²) < 4.78 is 0. The van der Waals surface area contributed by atoms with E-state index >= 15 is 0 Å². The summed E-state index contributed by atoms with van der Waals surface area (Å²) in [4.78, 5) is 7.89. The molecule has 18 heavy (non-hydrogen) atoms. The van der Waals surface area contributed by atoms with Crippen LogP contribution in [0.5, 0.6) is 0 Å². The molecule has 1 aromatic heterocycles. The average Bonchev–Trinajstić information content (AvgIpc) is 2.42. The topological polar surface area (TPSA) is 76.5 Å². The highest BCUT2D eigenvalue weighted by atomic mass is 35.5. The van der Waals surface area contributed by atoms with Crippen LogP contribution in [0.15, 0.2) is 53.1 Å². The third-order valence-corrected chi connectivity index (χ3v) is 2.44. The molecule has 2 aromatic rings. The minimum absolute atomic E-state index is 0.200. The summed E-state index contributed by atoms with van der Waals surface area (Å²) in [6, 6.07) is 7.32. The second-order valence-electron chi connectivity index (χ2n) is 3.34. The van der Waals surface area contributed by atoms with Gasteiger partial charge >= 0.3 is 0 Å². The summed E-state index contributed by atoms with van der Waals surface area (Å²) >= 11 is 5.96. The Kier molecular flexibility index (Phi) is 3.98. The molecule has 6 heteroatoms. The van der Waals surface area contributed by atoms with Crippen LogP contribution < -0.4 is 5.73 Å².